The second-order valence-electron chi connectivity index (χ2n) is 4.91. The van der Waals surface area contributed by atoms with E-state index in [0.29, 0.717) is 24.2 Å². The summed E-state index contributed by atoms with van der Waals surface area (Å²) in [7, 11) is -3.47. The molecule has 0 unspecified atom stereocenters. The minimum Gasteiger partial charge on any atom is -0.207 e. The maximum Gasteiger partial charge on any atom is 0.243 e. The molecule has 102 valence electrons. The van der Waals surface area contributed by atoms with Gasteiger partial charge in [-0.25, -0.2) is 8.42 Å². The van der Waals surface area contributed by atoms with Gasteiger partial charge in [0.15, 0.2) is 0 Å². The molecular formula is C14H18N2O2S. The largest absolute Gasteiger partial charge is 0.243 e. The molecule has 0 atom stereocenters. The molecule has 0 spiro atoms. The van der Waals surface area contributed by atoms with E-state index in [9.17, 15) is 8.42 Å². The van der Waals surface area contributed by atoms with Crippen molar-refractivity contribution in [3.05, 3.63) is 29.3 Å². The van der Waals surface area contributed by atoms with Crippen molar-refractivity contribution in [3.8, 4) is 6.07 Å². The van der Waals surface area contributed by atoms with Crippen LogP contribution in [0, 0.1) is 18.3 Å². The smallest absolute Gasteiger partial charge is 0.207 e. The summed E-state index contributed by atoms with van der Waals surface area (Å²) in [5.41, 5.74) is 1.09. The first-order valence-corrected chi connectivity index (χ1v) is 8.00. The molecule has 0 saturated carbocycles. The number of hydrogen-bond acceptors (Lipinski definition) is 3. The van der Waals surface area contributed by atoms with E-state index in [4.69, 9.17) is 5.26 Å². The van der Waals surface area contributed by atoms with E-state index < -0.39 is 10.0 Å². The first-order valence-electron chi connectivity index (χ1n) is 6.56. The monoisotopic (exact) mass is 278 g/mol. The van der Waals surface area contributed by atoms with Gasteiger partial charge in [0.1, 0.15) is 0 Å². The summed E-state index contributed by atoms with van der Waals surface area (Å²) >= 11 is 0. The van der Waals surface area contributed by atoms with E-state index in [1.807, 2.05) is 6.07 Å². The first-order chi connectivity index (χ1) is 9.05. The Morgan fingerprint density at radius 1 is 1.16 bits per heavy atom. The van der Waals surface area contributed by atoms with E-state index in [-0.39, 0.29) is 4.90 Å². The number of sulfonamides is 1. The molecule has 0 bridgehead atoms. The van der Waals surface area contributed by atoms with Crippen molar-refractivity contribution in [2.75, 3.05) is 13.1 Å². The molecule has 0 N–H and O–H groups in total. The SMILES string of the molecule is Cc1ccc(C#N)cc1S(=O)(=O)N1CCCCCC1. The molecule has 0 aliphatic carbocycles. The summed E-state index contributed by atoms with van der Waals surface area (Å²) in [6.45, 7) is 2.93. The molecule has 1 aliphatic heterocycles. The zero-order valence-corrected chi connectivity index (χ0v) is 11.9. The molecule has 4 nitrogen and oxygen atoms in total. The molecular weight excluding hydrogens is 260 g/mol. The topological polar surface area (TPSA) is 61.2 Å². The number of aryl methyl sites for hydroxylation is 1. The summed E-state index contributed by atoms with van der Waals surface area (Å²) in [6.07, 6.45) is 4.00. The van der Waals surface area contributed by atoms with Crippen LogP contribution in [0.5, 0.6) is 0 Å². The molecule has 5 heteroatoms. The van der Waals surface area contributed by atoms with Crippen LogP contribution in [0.15, 0.2) is 23.1 Å². The summed E-state index contributed by atoms with van der Waals surface area (Å²) in [5, 5.41) is 8.92. The van der Waals surface area contributed by atoms with Gasteiger partial charge in [0, 0.05) is 13.1 Å². The van der Waals surface area contributed by atoms with Crippen LogP contribution in [0.2, 0.25) is 0 Å². The highest BCUT2D eigenvalue weighted by Gasteiger charge is 2.26. The molecule has 1 saturated heterocycles. The van der Waals surface area contributed by atoms with Crippen molar-refractivity contribution >= 4 is 10.0 Å². The highest BCUT2D eigenvalue weighted by Crippen LogP contribution is 2.23. The minimum atomic E-state index is -3.47. The highest BCUT2D eigenvalue weighted by molar-refractivity contribution is 7.89. The number of benzene rings is 1. The van der Waals surface area contributed by atoms with Crippen LogP contribution in [0.4, 0.5) is 0 Å². The summed E-state index contributed by atoms with van der Waals surface area (Å²) in [6, 6.07) is 6.83. The van der Waals surface area contributed by atoms with Crippen LogP contribution in [0.25, 0.3) is 0 Å². The predicted molar refractivity (Wildman–Crippen MR) is 73.1 cm³/mol. The van der Waals surface area contributed by atoms with Crippen molar-refractivity contribution in [1.82, 2.24) is 4.31 Å². The molecule has 0 amide bonds. The Morgan fingerprint density at radius 3 is 2.37 bits per heavy atom. The highest BCUT2D eigenvalue weighted by atomic mass is 32.2. The predicted octanol–water partition coefficient (Wildman–Crippen LogP) is 2.43. The lowest BCUT2D eigenvalue weighted by molar-refractivity contribution is 0.423. The maximum absolute atomic E-state index is 12.6. The third kappa shape index (κ3) is 2.96. The third-order valence-corrected chi connectivity index (χ3v) is 5.54. The first kappa shape index (κ1) is 14.0. The second kappa shape index (κ2) is 5.72. The second-order valence-corrected chi connectivity index (χ2v) is 6.82. The molecule has 1 heterocycles. The lowest BCUT2D eigenvalue weighted by Gasteiger charge is -2.21. The van der Waals surface area contributed by atoms with Crippen LogP contribution in [-0.2, 0) is 10.0 Å². The van der Waals surface area contributed by atoms with Crippen molar-refractivity contribution < 1.29 is 8.42 Å². The lowest BCUT2D eigenvalue weighted by atomic mass is 10.2. The third-order valence-electron chi connectivity index (χ3n) is 3.50. The average Bonchev–Trinajstić information content (AvgIpc) is 2.68. The fourth-order valence-electron chi connectivity index (χ4n) is 2.37. The Morgan fingerprint density at radius 2 is 1.79 bits per heavy atom. The van der Waals surface area contributed by atoms with Gasteiger partial charge in [-0.2, -0.15) is 9.57 Å². The van der Waals surface area contributed by atoms with Crippen LogP contribution in [0.3, 0.4) is 0 Å². The quantitative estimate of drug-likeness (QED) is 0.834. The van der Waals surface area contributed by atoms with Crippen molar-refractivity contribution in [3.63, 3.8) is 0 Å². The van der Waals surface area contributed by atoms with E-state index in [1.165, 1.54) is 6.07 Å². The standard InChI is InChI=1S/C14H18N2O2S/c1-12-6-7-13(11-15)10-14(12)19(17,18)16-8-4-2-3-5-9-16/h6-7,10H,2-5,8-9H2,1H3. The molecule has 1 fully saturated rings. The Hall–Kier alpha value is -1.38. The van der Waals surface area contributed by atoms with Gasteiger partial charge < -0.3 is 0 Å². The van der Waals surface area contributed by atoms with Crippen LogP contribution in [-0.4, -0.2) is 25.8 Å². The Kier molecular flexibility index (Phi) is 4.23. The van der Waals surface area contributed by atoms with Gasteiger partial charge in [0.05, 0.1) is 16.5 Å². The zero-order chi connectivity index (χ0) is 13.9. The van der Waals surface area contributed by atoms with E-state index >= 15 is 0 Å². The number of hydrogen-bond donors (Lipinski definition) is 0. The van der Waals surface area contributed by atoms with Crippen LogP contribution in [0.1, 0.15) is 36.8 Å². The van der Waals surface area contributed by atoms with E-state index in [2.05, 4.69) is 0 Å². The molecule has 19 heavy (non-hydrogen) atoms. The Balaban J connectivity index is 2.41. The molecule has 1 aliphatic rings. The minimum absolute atomic E-state index is 0.272. The number of nitrogens with zero attached hydrogens (tertiary/aromatic N) is 2. The molecule has 2 rings (SSSR count). The molecule has 1 aromatic carbocycles. The van der Waals surface area contributed by atoms with Gasteiger partial charge in [-0.05, 0) is 37.5 Å². The molecule has 0 radical (unpaired) electrons. The summed E-state index contributed by atoms with van der Waals surface area (Å²) in [5.74, 6) is 0. The summed E-state index contributed by atoms with van der Waals surface area (Å²) in [4.78, 5) is 0.272. The van der Waals surface area contributed by atoms with Crippen LogP contribution >= 0.6 is 0 Å². The van der Waals surface area contributed by atoms with Gasteiger partial charge in [-0.15, -0.1) is 0 Å². The van der Waals surface area contributed by atoms with Crippen LogP contribution < -0.4 is 0 Å². The number of nitriles is 1. The van der Waals surface area contributed by atoms with Crippen molar-refractivity contribution in [1.29, 1.82) is 5.26 Å². The fraction of sp³-hybridized carbons (Fsp3) is 0.500. The Bertz CT molecular complexity index is 594. The molecule has 0 aromatic heterocycles. The van der Waals surface area contributed by atoms with Gasteiger partial charge >= 0.3 is 0 Å². The van der Waals surface area contributed by atoms with Gasteiger partial charge in [-0.3, -0.25) is 0 Å². The Labute approximate surface area is 114 Å². The van der Waals surface area contributed by atoms with E-state index in [1.54, 1.807) is 23.4 Å². The van der Waals surface area contributed by atoms with Gasteiger partial charge in [-0.1, -0.05) is 18.9 Å². The normalized spacial score (nSPS) is 17.7. The molecule has 1 aromatic rings. The van der Waals surface area contributed by atoms with Gasteiger partial charge in [0.2, 0.25) is 10.0 Å². The fourth-order valence-corrected chi connectivity index (χ4v) is 4.14. The average molecular weight is 278 g/mol. The maximum atomic E-state index is 12.6. The van der Waals surface area contributed by atoms with Crippen molar-refractivity contribution in [2.45, 2.75) is 37.5 Å². The number of rotatable bonds is 2. The van der Waals surface area contributed by atoms with Gasteiger partial charge in [0.25, 0.3) is 0 Å². The van der Waals surface area contributed by atoms with Crippen molar-refractivity contribution in [2.24, 2.45) is 0 Å². The zero-order valence-electron chi connectivity index (χ0n) is 11.1. The van der Waals surface area contributed by atoms with E-state index in [0.717, 1.165) is 25.7 Å². The summed E-state index contributed by atoms with van der Waals surface area (Å²) < 4.78 is 26.9. The lowest BCUT2D eigenvalue weighted by Crippen LogP contribution is -2.32.